The molecule has 0 saturated carbocycles. The van der Waals surface area contributed by atoms with E-state index in [4.69, 9.17) is 10.8 Å². The average Bonchev–Trinajstić information content (AvgIpc) is 2.26. The highest BCUT2D eigenvalue weighted by Gasteiger charge is 2.05. The van der Waals surface area contributed by atoms with Crippen LogP contribution in [0.5, 0.6) is 0 Å². The lowest BCUT2D eigenvalue weighted by atomic mass is 10.1. The van der Waals surface area contributed by atoms with Crippen LogP contribution in [-0.2, 0) is 0 Å². The van der Waals surface area contributed by atoms with E-state index in [0.717, 1.165) is 0 Å². The molecule has 0 radical (unpaired) electrons. The summed E-state index contributed by atoms with van der Waals surface area (Å²) in [5, 5.41) is 21.3. The smallest absolute Gasteiger partial charge is 0.0991 e. The third-order valence-electron chi connectivity index (χ3n) is 1.74. The van der Waals surface area contributed by atoms with E-state index in [1.165, 1.54) is 0 Å². The Bertz CT molecular complexity index is 386. The lowest BCUT2D eigenvalue weighted by Crippen LogP contribution is -2.00. The topological polar surface area (TPSA) is 92.8 Å². The summed E-state index contributed by atoms with van der Waals surface area (Å²) >= 11 is 0. The molecule has 70 valence electrons. The number of nitriles is 1. The summed E-state index contributed by atoms with van der Waals surface area (Å²) in [6.45, 7) is 0.00238. The molecule has 1 rings (SSSR count). The summed E-state index contributed by atoms with van der Waals surface area (Å²) < 4.78 is 0. The number of nitrogens with zero attached hydrogens (tertiary/aromatic N) is 4. The first-order valence-electron chi connectivity index (χ1n) is 3.97. The van der Waals surface area contributed by atoms with E-state index in [1.807, 2.05) is 6.07 Å². The van der Waals surface area contributed by atoms with Crippen LogP contribution in [0.15, 0.2) is 29.4 Å². The molecule has 1 N–H and O–H groups in total. The highest BCUT2D eigenvalue weighted by Crippen LogP contribution is 2.13. The molecular weight excluding hydrogens is 180 g/mol. The first-order valence-corrected chi connectivity index (χ1v) is 3.97. The minimum absolute atomic E-state index is 0.00238. The van der Waals surface area contributed by atoms with Crippen LogP contribution in [0.2, 0.25) is 0 Å². The van der Waals surface area contributed by atoms with Crippen LogP contribution in [0.3, 0.4) is 0 Å². The molecule has 0 fully saturated rings. The molecule has 1 unspecified atom stereocenters. The van der Waals surface area contributed by atoms with Crippen LogP contribution in [0, 0.1) is 11.3 Å². The number of hydrogen-bond acceptors (Lipinski definition) is 3. The summed E-state index contributed by atoms with van der Waals surface area (Å²) in [5.74, 6) is 0. The third-order valence-corrected chi connectivity index (χ3v) is 1.74. The molecule has 1 aromatic rings. The zero-order valence-electron chi connectivity index (χ0n) is 7.33. The Kier molecular flexibility index (Phi) is 3.50. The number of benzene rings is 1. The van der Waals surface area contributed by atoms with Gasteiger partial charge in [0.05, 0.1) is 24.3 Å². The van der Waals surface area contributed by atoms with E-state index in [2.05, 4.69) is 10.0 Å². The SMILES string of the molecule is N#Cc1ccc(C(O)CN=[N+]=[N-])cc1. The van der Waals surface area contributed by atoms with Crippen molar-refractivity contribution in [2.24, 2.45) is 5.11 Å². The molecule has 0 bridgehead atoms. The maximum Gasteiger partial charge on any atom is 0.0991 e. The lowest BCUT2D eigenvalue weighted by molar-refractivity contribution is 0.187. The predicted octanol–water partition coefficient (Wildman–Crippen LogP) is 1.90. The first kappa shape index (κ1) is 10.1. The number of azide groups is 1. The Labute approximate surface area is 80.8 Å². The maximum atomic E-state index is 9.47. The monoisotopic (exact) mass is 188 g/mol. The van der Waals surface area contributed by atoms with Crippen LogP contribution in [-0.4, -0.2) is 11.7 Å². The van der Waals surface area contributed by atoms with Crippen molar-refractivity contribution in [1.29, 1.82) is 5.26 Å². The van der Waals surface area contributed by atoms with Crippen molar-refractivity contribution >= 4 is 0 Å². The molecule has 0 saturated heterocycles. The fraction of sp³-hybridized carbons (Fsp3) is 0.222. The van der Waals surface area contributed by atoms with E-state index < -0.39 is 6.10 Å². The van der Waals surface area contributed by atoms with Crippen molar-refractivity contribution in [1.82, 2.24) is 0 Å². The Balaban J connectivity index is 2.76. The van der Waals surface area contributed by atoms with E-state index in [1.54, 1.807) is 24.3 Å². The van der Waals surface area contributed by atoms with E-state index in [-0.39, 0.29) is 6.54 Å². The van der Waals surface area contributed by atoms with Gasteiger partial charge < -0.3 is 5.11 Å². The average molecular weight is 188 g/mol. The minimum Gasteiger partial charge on any atom is -0.388 e. The zero-order valence-corrected chi connectivity index (χ0v) is 7.33. The molecule has 0 amide bonds. The molecule has 0 aliphatic carbocycles. The molecule has 0 spiro atoms. The Morgan fingerprint density at radius 2 is 2.14 bits per heavy atom. The highest BCUT2D eigenvalue weighted by molar-refractivity contribution is 5.32. The molecule has 1 aromatic carbocycles. The number of hydrogen-bond donors (Lipinski definition) is 1. The molecule has 5 nitrogen and oxygen atoms in total. The molecule has 0 aromatic heterocycles. The number of rotatable bonds is 3. The van der Waals surface area contributed by atoms with Gasteiger partial charge in [0.15, 0.2) is 0 Å². The lowest BCUT2D eigenvalue weighted by Gasteiger charge is -2.06. The molecule has 0 aliphatic heterocycles. The largest absolute Gasteiger partial charge is 0.388 e. The van der Waals surface area contributed by atoms with Gasteiger partial charge in [-0.2, -0.15) is 5.26 Å². The Morgan fingerprint density at radius 3 is 2.64 bits per heavy atom. The van der Waals surface area contributed by atoms with Crippen molar-refractivity contribution in [3.8, 4) is 6.07 Å². The van der Waals surface area contributed by atoms with Crippen LogP contribution < -0.4 is 0 Å². The summed E-state index contributed by atoms with van der Waals surface area (Å²) in [4.78, 5) is 2.55. The minimum atomic E-state index is -0.807. The Morgan fingerprint density at radius 1 is 1.50 bits per heavy atom. The second-order valence-electron chi connectivity index (χ2n) is 2.66. The molecule has 0 aliphatic rings. The maximum absolute atomic E-state index is 9.47. The van der Waals surface area contributed by atoms with Crippen molar-refractivity contribution in [3.05, 3.63) is 45.8 Å². The van der Waals surface area contributed by atoms with Gasteiger partial charge in [0.2, 0.25) is 0 Å². The van der Waals surface area contributed by atoms with Gasteiger partial charge in [0.1, 0.15) is 0 Å². The van der Waals surface area contributed by atoms with Crippen molar-refractivity contribution < 1.29 is 5.11 Å². The zero-order chi connectivity index (χ0) is 10.4. The molecule has 0 heterocycles. The second-order valence-corrected chi connectivity index (χ2v) is 2.66. The van der Waals surface area contributed by atoms with Crippen molar-refractivity contribution in [3.63, 3.8) is 0 Å². The van der Waals surface area contributed by atoms with Gasteiger partial charge in [-0.15, -0.1) is 0 Å². The predicted molar refractivity (Wildman–Crippen MR) is 50.1 cm³/mol. The molecule has 5 heteroatoms. The fourth-order valence-electron chi connectivity index (χ4n) is 0.999. The van der Waals surface area contributed by atoms with Gasteiger partial charge >= 0.3 is 0 Å². The van der Waals surface area contributed by atoms with E-state index in [0.29, 0.717) is 11.1 Å². The summed E-state index contributed by atoms with van der Waals surface area (Å²) in [6, 6.07) is 8.45. The molecular formula is C9H8N4O. The number of aliphatic hydroxyl groups excluding tert-OH is 1. The van der Waals surface area contributed by atoms with Crippen LogP contribution in [0.4, 0.5) is 0 Å². The van der Waals surface area contributed by atoms with Gasteiger partial charge in [0.25, 0.3) is 0 Å². The summed E-state index contributed by atoms with van der Waals surface area (Å²) in [7, 11) is 0. The van der Waals surface area contributed by atoms with E-state index >= 15 is 0 Å². The fourth-order valence-corrected chi connectivity index (χ4v) is 0.999. The van der Waals surface area contributed by atoms with Gasteiger partial charge in [0, 0.05) is 4.91 Å². The highest BCUT2D eigenvalue weighted by atomic mass is 16.3. The first-order chi connectivity index (χ1) is 6.77. The van der Waals surface area contributed by atoms with E-state index in [9.17, 15) is 5.11 Å². The Hall–Kier alpha value is -2.02. The molecule has 1 atom stereocenters. The van der Waals surface area contributed by atoms with Crippen molar-refractivity contribution in [2.75, 3.05) is 6.54 Å². The second kappa shape index (κ2) is 4.87. The van der Waals surface area contributed by atoms with Crippen LogP contribution in [0.1, 0.15) is 17.2 Å². The van der Waals surface area contributed by atoms with Crippen molar-refractivity contribution in [2.45, 2.75) is 6.10 Å². The van der Waals surface area contributed by atoms with Crippen LogP contribution in [0.25, 0.3) is 10.4 Å². The number of aliphatic hydroxyl groups is 1. The quantitative estimate of drug-likeness (QED) is 0.445. The third kappa shape index (κ3) is 2.49. The summed E-state index contributed by atoms with van der Waals surface area (Å²) in [6.07, 6.45) is -0.807. The van der Waals surface area contributed by atoms with Gasteiger partial charge in [-0.25, -0.2) is 0 Å². The normalized spacial score (nSPS) is 11.1. The molecule has 14 heavy (non-hydrogen) atoms. The van der Waals surface area contributed by atoms with Crippen LogP contribution >= 0.6 is 0 Å². The van der Waals surface area contributed by atoms with Gasteiger partial charge in [-0.05, 0) is 23.2 Å². The van der Waals surface area contributed by atoms with Gasteiger partial charge in [-0.1, -0.05) is 17.2 Å². The van der Waals surface area contributed by atoms with Gasteiger partial charge in [-0.3, -0.25) is 0 Å². The summed E-state index contributed by atoms with van der Waals surface area (Å²) in [5.41, 5.74) is 9.22. The standard InChI is InChI=1S/C9H8N4O/c10-5-7-1-3-8(4-2-7)9(14)6-12-13-11/h1-4,9,14H,6H2.